The SMILES string of the molecule is O=S(=O)(c1ccccc1)N1CCC(c2nc(-c3ccc(Cl)cc3Cl)no2)CC1. The van der Waals surface area contributed by atoms with E-state index in [4.69, 9.17) is 27.7 Å². The van der Waals surface area contributed by atoms with Crippen LogP contribution in [0.1, 0.15) is 24.7 Å². The van der Waals surface area contributed by atoms with Gasteiger partial charge < -0.3 is 4.52 Å². The largest absolute Gasteiger partial charge is 0.339 e. The second kappa shape index (κ2) is 7.83. The zero-order chi connectivity index (χ0) is 19.7. The second-order valence-electron chi connectivity index (χ2n) is 6.57. The van der Waals surface area contributed by atoms with Crippen molar-refractivity contribution in [3.8, 4) is 11.4 Å². The lowest BCUT2D eigenvalue weighted by atomic mass is 9.98. The van der Waals surface area contributed by atoms with Gasteiger partial charge in [0.1, 0.15) is 0 Å². The number of benzene rings is 2. The van der Waals surface area contributed by atoms with Crippen LogP contribution in [-0.4, -0.2) is 36.0 Å². The van der Waals surface area contributed by atoms with Gasteiger partial charge in [0.15, 0.2) is 0 Å². The van der Waals surface area contributed by atoms with Crippen LogP contribution < -0.4 is 0 Å². The third kappa shape index (κ3) is 3.80. The average molecular weight is 438 g/mol. The summed E-state index contributed by atoms with van der Waals surface area (Å²) < 4.78 is 32.4. The molecular formula is C19H17Cl2N3O3S. The van der Waals surface area contributed by atoms with Crippen LogP contribution >= 0.6 is 23.2 Å². The number of hydrogen-bond donors (Lipinski definition) is 0. The lowest BCUT2D eigenvalue weighted by Gasteiger charge is -2.29. The predicted molar refractivity (Wildman–Crippen MR) is 107 cm³/mol. The minimum Gasteiger partial charge on any atom is -0.339 e. The quantitative estimate of drug-likeness (QED) is 0.595. The summed E-state index contributed by atoms with van der Waals surface area (Å²) in [6.07, 6.45) is 1.23. The fourth-order valence-corrected chi connectivity index (χ4v) is 5.25. The van der Waals surface area contributed by atoms with E-state index in [2.05, 4.69) is 10.1 Å². The maximum Gasteiger partial charge on any atom is 0.243 e. The van der Waals surface area contributed by atoms with Crippen molar-refractivity contribution in [2.45, 2.75) is 23.7 Å². The van der Waals surface area contributed by atoms with Gasteiger partial charge in [-0.1, -0.05) is 46.6 Å². The molecule has 1 saturated heterocycles. The molecule has 0 unspecified atom stereocenters. The molecular weight excluding hydrogens is 421 g/mol. The van der Waals surface area contributed by atoms with E-state index in [-0.39, 0.29) is 5.92 Å². The predicted octanol–water partition coefficient (Wildman–Crippen LogP) is 4.61. The van der Waals surface area contributed by atoms with Gasteiger partial charge in [-0.15, -0.1) is 0 Å². The second-order valence-corrected chi connectivity index (χ2v) is 9.35. The van der Waals surface area contributed by atoms with Gasteiger partial charge in [-0.05, 0) is 43.2 Å². The molecule has 0 atom stereocenters. The average Bonchev–Trinajstić information content (AvgIpc) is 3.18. The van der Waals surface area contributed by atoms with Crippen LogP contribution in [0.3, 0.4) is 0 Å². The van der Waals surface area contributed by atoms with Gasteiger partial charge in [0.2, 0.25) is 21.7 Å². The van der Waals surface area contributed by atoms with Crippen molar-refractivity contribution in [3.63, 3.8) is 0 Å². The molecule has 1 aromatic heterocycles. The minimum atomic E-state index is -3.48. The van der Waals surface area contributed by atoms with Gasteiger partial charge in [0, 0.05) is 29.6 Å². The van der Waals surface area contributed by atoms with E-state index in [9.17, 15) is 8.42 Å². The van der Waals surface area contributed by atoms with E-state index in [0.717, 1.165) is 0 Å². The van der Waals surface area contributed by atoms with Crippen molar-refractivity contribution in [1.29, 1.82) is 0 Å². The summed E-state index contributed by atoms with van der Waals surface area (Å²) in [6.45, 7) is 0.808. The molecule has 0 spiro atoms. The summed E-state index contributed by atoms with van der Waals surface area (Å²) in [7, 11) is -3.48. The highest BCUT2D eigenvalue weighted by molar-refractivity contribution is 7.89. The molecule has 146 valence electrons. The molecule has 1 aliphatic heterocycles. The molecule has 0 N–H and O–H groups in total. The third-order valence-corrected chi connectivity index (χ3v) is 7.26. The van der Waals surface area contributed by atoms with Crippen molar-refractivity contribution < 1.29 is 12.9 Å². The maximum atomic E-state index is 12.7. The lowest BCUT2D eigenvalue weighted by Crippen LogP contribution is -2.37. The van der Waals surface area contributed by atoms with Gasteiger partial charge in [0.05, 0.1) is 9.92 Å². The molecule has 3 aromatic rings. The number of nitrogens with zero attached hydrogens (tertiary/aromatic N) is 3. The Morgan fingerprint density at radius 1 is 1.04 bits per heavy atom. The fraction of sp³-hybridized carbons (Fsp3) is 0.263. The first-order valence-electron chi connectivity index (χ1n) is 8.79. The van der Waals surface area contributed by atoms with E-state index in [1.807, 2.05) is 0 Å². The van der Waals surface area contributed by atoms with E-state index in [1.165, 1.54) is 4.31 Å². The lowest BCUT2D eigenvalue weighted by molar-refractivity contribution is 0.271. The van der Waals surface area contributed by atoms with E-state index < -0.39 is 10.0 Å². The smallest absolute Gasteiger partial charge is 0.243 e. The molecule has 2 heterocycles. The summed E-state index contributed by atoms with van der Waals surface area (Å²) in [4.78, 5) is 4.78. The highest BCUT2D eigenvalue weighted by Gasteiger charge is 2.32. The molecule has 0 radical (unpaired) electrons. The van der Waals surface area contributed by atoms with Crippen LogP contribution in [0.5, 0.6) is 0 Å². The number of piperidine rings is 1. The van der Waals surface area contributed by atoms with E-state index >= 15 is 0 Å². The van der Waals surface area contributed by atoms with Crippen molar-refractivity contribution in [1.82, 2.24) is 14.4 Å². The standard InChI is InChI=1S/C19H17Cl2N3O3S/c20-14-6-7-16(17(21)12-14)18-22-19(27-23-18)13-8-10-24(11-9-13)28(25,26)15-4-2-1-3-5-15/h1-7,12-13H,8-11H2. The zero-order valence-electron chi connectivity index (χ0n) is 14.8. The Morgan fingerprint density at radius 2 is 1.75 bits per heavy atom. The first-order chi connectivity index (χ1) is 13.4. The van der Waals surface area contributed by atoms with Crippen LogP contribution in [0, 0.1) is 0 Å². The molecule has 0 bridgehead atoms. The van der Waals surface area contributed by atoms with Crippen molar-refractivity contribution in [2.75, 3.05) is 13.1 Å². The highest BCUT2D eigenvalue weighted by atomic mass is 35.5. The van der Waals surface area contributed by atoms with Crippen molar-refractivity contribution >= 4 is 33.2 Å². The Labute approximate surface area is 173 Å². The molecule has 0 aliphatic carbocycles. The van der Waals surface area contributed by atoms with Crippen LogP contribution in [0.2, 0.25) is 10.0 Å². The summed E-state index contributed by atoms with van der Waals surface area (Å²) in [5.41, 5.74) is 0.644. The summed E-state index contributed by atoms with van der Waals surface area (Å²) >= 11 is 12.1. The number of hydrogen-bond acceptors (Lipinski definition) is 5. The van der Waals surface area contributed by atoms with Crippen molar-refractivity contribution in [3.05, 3.63) is 64.5 Å². The van der Waals surface area contributed by atoms with Crippen molar-refractivity contribution in [2.24, 2.45) is 0 Å². The molecule has 1 aliphatic rings. The first kappa shape index (κ1) is 19.4. The Morgan fingerprint density at radius 3 is 2.43 bits per heavy atom. The van der Waals surface area contributed by atoms with Gasteiger partial charge >= 0.3 is 0 Å². The fourth-order valence-electron chi connectivity index (χ4n) is 3.27. The molecule has 1 fully saturated rings. The van der Waals surface area contributed by atoms with Gasteiger partial charge in [-0.3, -0.25) is 0 Å². The van der Waals surface area contributed by atoms with Crippen LogP contribution in [-0.2, 0) is 10.0 Å². The minimum absolute atomic E-state index is 0.00884. The van der Waals surface area contributed by atoms with Crippen LogP contribution in [0.15, 0.2) is 57.9 Å². The molecule has 0 saturated carbocycles. The number of rotatable bonds is 4. The van der Waals surface area contributed by atoms with Gasteiger partial charge in [0.25, 0.3) is 0 Å². The van der Waals surface area contributed by atoms with Crippen LogP contribution in [0.4, 0.5) is 0 Å². The Balaban J connectivity index is 1.47. The first-order valence-corrected chi connectivity index (χ1v) is 11.0. The summed E-state index contributed by atoms with van der Waals surface area (Å²) in [5.74, 6) is 0.906. The van der Waals surface area contributed by atoms with Gasteiger partial charge in [-0.2, -0.15) is 9.29 Å². The molecule has 9 heteroatoms. The monoisotopic (exact) mass is 437 g/mol. The molecule has 4 rings (SSSR count). The maximum absolute atomic E-state index is 12.7. The summed E-state index contributed by atoms with van der Waals surface area (Å²) in [6, 6.07) is 13.6. The Hall–Kier alpha value is -1.93. The number of aromatic nitrogens is 2. The van der Waals surface area contributed by atoms with E-state index in [1.54, 1.807) is 48.5 Å². The third-order valence-electron chi connectivity index (χ3n) is 4.80. The van der Waals surface area contributed by atoms with Gasteiger partial charge in [-0.25, -0.2) is 8.42 Å². The normalized spacial score (nSPS) is 16.4. The number of sulfonamides is 1. The summed E-state index contributed by atoms with van der Waals surface area (Å²) in [5, 5.41) is 5.00. The zero-order valence-corrected chi connectivity index (χ0v) is 17.1. The number of halogens is 2. The molecule has 0 amide bonds. The Bertz CT molecular complexity index is 1080. The Kier molecular flexibility index (Phi) is 5.42. The highest BCUT2D eigenvalue weighted by Crippen LogP contribution is 2.33. The van der Waals surface area contributed by atoms with Crippen LogP contribution in [0.25, 0.3) is 11.4 Å². The van der Waals surface area contributed by atoms with E-state index in [0.29, 0.717) is 58.2 Å². The molecule has 2 aromatic carbocycles. The molecule has 6 nitrogen and oxygen atoms in total. The molecule has 28 heavy (non-hydrogen) atoms. The topological polar surface area (TPSA) is 76.3 Å².